The molecule has 0 atom stereocenters. The number of aliphatic imine (C=N–C) groups is 1. The van der Waals surface area contributed by atoms with Gasteiger partial charge in [0.2, 0.25) is 11.8 Å². The van der Waals surface area contributed by atoms with E-state index in [1.807, 2.05) is 51.4 Å². The molecule has 2 N–H and O–H groups in total. The Morgan fingerprint density at radius 3 is 2.59 bits per heavy atom. The van der Waals surface area contributed by atoms with Crippen molar-refractivity contribution in [1.29, 1.82) is 0 Å². The number of hydrogen-bond acceptors (Lipinski definition) is 4. The average Bonchev–Trinajstić information content (AvgIpc) is 3.40. The number of rotatable bonds is 7. The van der Waals surface area contributed by atoms with Gasteiger partial charge in [-0.2, -0.15) is 0 Å². The first-order chi connectivity index (χ1) is 14.0. The number of carbonyl (C=O) groups excluding carboxylic acids is 1. The first kappa shape index (κ1) is 20.9. The molecule has 2 aromatic rings. The van der Waals surface area contributed by atoms with Crippen molar-refractivity contribution in [2.45, 2.75) is 39.2 Å². The van der Waals surface area contributed by atoms with Gasteiger partial charge in [0.1, 0.15) is 12.0 Å². The molecule has 1 aromatic heterocycles. The quantitative estimate of drug-likeness (QED) is 0.554. The normalized spacial score (nSPS) is 15.9. The zero-order valence-corrected chi connectivity index (χ0v) is 17.6. The minimum Gasteiger partial charge on any atom is -0.444 e. The summed E-state index contributed by atoms with van der Waals surface area (Å²) in [5.41, 5.74) is 1.37. The summed E-state index contributed by atoms with van der Waals surface area (Å²) in [7, 11) is 3.66. The molecule has 156 valence electrons. The van der Waals surface area contributed by atoms with Crippen LogP contribution in [0.1, 0.15) is 38.3 Å². The largest absolute Gasteiger partial charge is 0.444 e. The molecule has 29 heavy (non-hydrogen) atoms. The summed E-state index contributed by atoms with van der Waals surface area (Å²) in [4.78, 5) is 23.6. The summed E-state index contributed by atoms with van der Waals surface area (Å²) in [6, 6.07) is 9.81. The van der Waals surface area contributed by atoms with E-state index in [2.05, 4.69) is 20.6 Å². The van der Waals surface area contributed by atoms with Crippen molar-refractivity contribution in [2.75, 3.05) is 27.2 Å². The van der Waals surface area contributed by atoms with E-state index in [4.69, 9.17) is 4.42 Å². The Morgan fingerprint density at radius 1 is 1.21 bits per heavy atom. The highest BCUT2D eigenvalue weighted by molar-refractivity contribution is 5.85. The van der Waals surface area contributed by atoms with Gasteiger partial charge >= 0.3 is 0 Å². The molecular formula is C22H31N5O2. The zero-order chi connectivity index (χ0) is 20.7. The first-order valence-electron chi connectivity index (χ1n) is 10.3. The highest BCUT2D eigenvalue weighted by Gasteiger charge is 2.42. The molecule has 7 nitrogen and oxygen atoms in total. The van der Waals surface area contributed by atoms with Gasteiger partial charge in [0, 0.05) is 32.7 Å². The van der Waals surface area contributed by atoms with Crippen LogP contribution in [0.5, 0.6) is 0 Å². The standard InChI is InChI=1S/C22H31N5O2/c1-4-23-21(25-16-22(12-8-9-13-22)20(28)27(2)3)24-14-18-15-29-19(26-18)17-10-6-5-7-11-17/h5-7,10-11,15H,4,8-9,12-14,16H2,1-3H3,(H2,23,24,25). The van der Waals surface area contributed by atoms with Crippen molar-refractivity contribution in [1.82, 2.24) is 20.5 Å². The Hall–Kier alpha value is -2.83. The molecule has 0 spiro atoms. The molecule has 1 amide bonds. The van der Waals surface area contributed by atoms with Crippen LogP contribution in [0.15, 0.2) is 46.0 Å². The van der Waals surface area contributed by atoms with Crippen LogP contribution in [0, 0.1) is 5.41 Å². The van der Waals surface area contributed by atoms with Gasteiger partial charge in [-0.25, -0.2) is 9.98 Å². The Kier molecular flexibility index (Phi) is 6.90. The van der Waals surface area contributed by atoms with E-state index >= 15 is 0 Å². The van der Waals surface area contributed by atoms with Crippen LogP contribution in [0.4, 0.5) is 0 Å². The highest BCUT2D eigenvalue weighted by atomic mass is 16.3. The predicted octanol–water partition coefficient (Wildman–Crippen LogP) is 3.05. The molecule has 1 aliphatic carbocycles. The van der Waals surface area contributed by atoms with Gasteiger partial charge in [-0.15, -0.1) is 0 Å². The van der Waals surface area contributed by atoms with E-state index in [-0.39, 0.29) is 11.3 Å². The summed E-state index contributed by atoms with van der Waals surface area (Å²) in [5, 5.41) is 6.64. The van der Waals surface area contributed by atoms with Crippen LogP contribution >= 0.6 is 0 Å². The van der Waals surface area contributed by atoms with Gasteiger partial charge < -0.3 is 20.0 Å². The molecule has 1 saturated carbocycles. The predicted molar refractivity (Wildman–Crippen MR) is 114 cm³/mol. The molecule has 0 aliphatic heterocycles. The summed E-state index contributed by atoms with van der Waals surface area (Å²) in [5.74, 6) is 1.48. The summed E-state index contributed by atoms with van der Waals surface area (Å²) in [6.07, 6.45) is 5.66. The average molecular weight is 398 g/mol. The van der Waals surface area contributed by atoms with E-state index in [1.165, 1.54) is 0 Å². The van der Waals surface area contributed by atoms with Crippen LogP contribution in [0.25, 0.3) is 11.5 Å². The summed E-state index contributed by atoms with van der Waals surface area (Å²) < 4.78 is 5.59. The second-order valence-electron chi connectivity index (χ2n) is 7.75. The van der Waals surface area contributed by atoms with Crippen LogP contribution in [-0.4, -0.2) is 48.9 Å². The van der Waals surface area contributed by atoms with Crippen LogP contribution in [0.3, 0.4) is 0 Å². The van der Waals surface area contributed by atoms with Crippen molar-refractivity contribution < 1.29 is 9.21 Å². The lowest BCUT2D eigenvalue weighted by Crippen LogP contribution is -2.49. The fourth-order valence-corrected chi connectivity index (χ4v) is 3.84. The van der Waals surface area contributed by atoms with E-state index in [1.54, 1.807) is 11.2 Å². The molecule has 0 radical (unpaired) electrons. The van der Waals surface area contributed by atoms with Gasteiger partial charge in [0.25, 0.3) is 0 Å². The number of carbonyl (C=O) groups is 1. The second kappa shape index (κ2) is 9.58. The molecule has 0 saturated heterocycles. The number of nitrogens with zero attached hydrogens (tertiary/aromatic N) is 3. The Labute approximate surface area is 172 Å². The third-order valence-electron chi connectivity index (χ3n) is 5.33. The summed E-state index contributed by atoms with van der Waals surface area (Å²) >= 11 is 0. The Bertz CT molecular complexity index is 823. The second-order valence-corrected chi connectivity index (χ2v) is 7.75. The minimum atomic E-state index is -0.339. The van der Waals surface area contributed by atoms with E-state index in [9.17, 15) is 4.79 Å². The molecule has 0 bridgehead atoms. The van der Waals surface area contributed by atoms with Crippen LogP contribution in [0.2, 0.25) is 0 Å². The number of aromatic nitrogens is 1. The van der Waals surface area contributed by atoms with E-state index in [0.717, 1.165) is 43.5 Å². The summed E-state index contributed by atoms with van der Waals surface area (Å²) in [6.45, 7) is 3.76. The number of guanidine groups is 1. The Balaban J connectivity index is 1.66. The lowest BCUT2D eigenvalue weighted by Gasteiger charge is -2.31. The number of nitrogens with one attached hydrogen (secondary N) is 2. The Morgan fingerprint density at radius 2 is 1.93 bits per heavy atom. The van der Waals surface area contributed by atoms with Gasteiger partial charge in [-0.1, -0.05) is 31.0 Å². The van der Waals surface area contributed by atoms with Crippen molar-refractivity contribution in [3.63, 3.8) is 0 Å². The lowest BCUT2D eigenvalue weighted by atomic mass is 9.84. The van der Waals surface area contributed by atoms with Gasteiger partial charge in [-0.05, 0) is 31.9 Å². The van der Waals surface area contributed by atoms with Crippen molar-refractivity contribution in [2.24, 2.45) is 10.4 Å². The number of oxazole rings is 1. The van der Waals surface area contributed by atoms with Crippen molar-refractivity contribution >= 4 is 11.9 Å². The number of amides is 1. The SMILES string of the molecule is CCNC(=NCc1coc(-c2ccccc2)n1)NCC1(C(=O)N(C)C)CCCC1. The van der Waals surface area contributed by atoms with E-state index in [0.29, 0.717) is 24.9 Å². The maximum absolute atomic E-state index is 12.8. The molecule has 1 aliphatic rings. The fraction of sp³-hybridized carbons (Fsp3) is 0.500. The van der Waals surface area contributed by atoms with Gasteiger partial charge in [-0.3, -0.25) is 4.79 Å². The van der Waals surface area contributed by atoms with Crippen molar-refractivity contribution in [3.8, 4) is 11.5 Å². The maximum Gasteiger partial charge on any atom is 0.230 e. The maximum atomic E-state index is 12.8. The molecule has 0 unspecified atom stereocenters. The fourth-order valence-electron chi connectivity index (χ4n) is 3.84. The molecule has 1 heterocycles. The molecular weight excluding hydrogens is 366 g/mol. The van der Waals surface area contributed by atoms with Crippen LogP contribution < -0.4 is 10.6 Å². The smallest absolute Gasteiger partial charge is 0.230 e. The topological polar surface area (TPSA) is 82.8 Å². The lowest BCUT2D eigenvalue weighted by molar-refractivity contribution is -0.138. The molecule has 3 rings (SSSR count). The van der Waals surface area contributed by atoms with Crippen molar-refractivity contribution in [3.05, 3.63) is 42.3 Å². The number of benzene rings is 1. The first-order valence-corrected chi connectivity index (χ1v) is 10.3. The monoisotopic (exact) mass is 397 g/mol. The molecule has 7 heteroatoms. The van der Waals surface area contributed by atoms with E-state index < -0.39 is 0 Å². The minimum absolute atomic E-state index is 0.197. The zero-order valence-electron chi connectivity index (χ0n) is 17.6. The molecule has 1 aromatic carbocycles. The number of hydrogen-bond donors (Lipinski definition) is 2. The van der Waals surface area contributed by atoms with Gasteiger partial charge in [0.05, 0.1) is 12.0 Å². The highest BCUT2D eigenvalue weighted by Crippen LogP contribution is 2.38. The van der Waals surface area contributed by atoms with Crippen LogP contribution in [-0.2, 0) is 11.3 Å². The molecule has 1 fully saturated rings. The third kappa shape index (κ3) is 5.16. The van der Waals surface area contributed by atoms with Gasteiger partial charge in [0.15, 0.2) is 5.96 Å². The third-order valence-corrected chi connectivity index (χ3v) is 5.33.